The average molecular weight is 276 g/mol. The fourth-order valence-electron chi connectivity index (χ4n) is 2.24. The van der Waals surface area contributed by atoms with Gasteiger partial charge in [-0.3, -0.25) is 4.79 Å². The maximum atomic E-state index is 12.4. The minimum absolute atomic E-state index is 0.0199. The Hall–Kier alpha value is -1.65. The van der Waals surface area contributed by atoms with Crippen molar-refractivity contribution in [1.82, 2.24) is 14.9 Å². The van der Waals surface area contributed by atoms with E-state index in [0.717, 1.165) is 32.4 Å². The summed E-state index contributed by atoms with van der Waals surface area (Å²) in [5.41, 5.74) is 0.486. The van der Waals surface area contributed by atoms with E-state index < -0.39 is 0 Å². The molecule has 0 radical (unpaired) electrons. The number of nitrogens with one attached hydrogen (secondary N) is 1. The Morgan fingerprint density at radius 1 is 1.50 bits per heavy atom. The van der Waals surface area contributed by atoms with Crippen molar-refractivity contribution in [1.29, 1.82) is 0 Å². The lowest BCUT2D eigenvalue weighted by Crippen LogP contribution is -2.38. The highest BCUT2D eigenvalue weighted by molar-refractivity contribution is 5.92. The third-order valence-electron chi connectivity index (χ3n) is 3.93. The number of anilines is 1. The third-order valence-corrected chi connectivity index (χ3v) is 3.93. The number of piperidine rings is 1. The Labute approximate surface area is 120 Å². The molecule has 1 unspecified atom stereocenters. The van der Waals surface area contributed by atoms with Crippen LogP contribution in [-0.2, 0) is 0 Å². The summed E-state index contributed by atoms with van der Waals surface area (Å²) in [4.78, 5) is 22.8. The average Bonchev–Trinajstić information content (AvgIpc) is 2.47. The molecule has 5 heteroatoms. The molecule has 1 aromatic rings. The molecule has 1 amide bonds. The summed E-state index contributed by atoms with van der Waals surface area (Å²) in [7, 11) is 0. The van der Waals surface area contributed by atoms with Crippen LogP contribution in [0, 0.1) is 5.92 Å². The van der Waals surface area contributed by atoms with Crippen LogP contribution in [-0.4, -0.2) is 39.9 Å². The smallest absolute Gasteiger partial charge is 0.272 e. The molecule has 0 bridgehead atoms. The van der Waals surface area contributed by atoms with E-state index in [1.165, 1.54) is 0 Å². The summed E-state index contributed by atoms with van der Waals surface area (Å²) in [6.45, 7) is 8.07. The zero-order valence-electron chi connectivity index (χ0n) is 12.6. The van der Waals surface area contributed by atoms with Gasteiger partial charge in [0.2, 0.25) is 5.95 Å². The van der Waals surface area contributed by atoms with Crippen molar-refractivity contribution >= 4 is 11.9 Å². The maximum absolute atomic E-state index is 12.4. The van der Waals surface area contributed by atoms with Crippen LogP contribution >= 0.6 is 0 Å². The van der Waals surface area contributed by atoms with Gasteiger partial charge in [-0.25, -0.2) is 9.97 Å². The lowest BCUT2D eigenvalue weighted by atomic mass is 9.99. The molecular formula is C15H24N4O. The second-order valence-electron chi connectivity index (χ2n) is 5.69. The monoisotopic (exact) mass is 276 g/mol. The number of rotatable bonds is 4. The maximum Gasteiger partial charge on any atom is 0.272 e. The molecule has 1 aliphatic rings. The second kappa shape index (κ2) is 6.68. The van der Waals surface area contributed by atoms with E-state index in [9.17, 15) is 4.79 Å². The van der Waals surface area contributed by atoms with E-state index in [4.69, 9.17) is 0 Å². The van der Waals surface area contributed by atoms with Crippen molar-refractivity contribution < 1.29 is 4.79 Å². The minimum Gasteiger partial charge on any atom is -0.352 e. The molecule has 2 heterocycles. The predicted octanol–water partition coefficient (Wildman–Crippen LogP) is 2.56. The molecule has 1 fully saturated rings. The number of hydrogen-bond acceptors (Lipinski definition) is 4. The second-order valence-corrected chi connectivity index (χ2v) is 5.69. The zero-order chi connectivity index (χ0) is 14.5. The van der Waals surface area contributed by atoms with Crippen LogP contribution < -0.4 is 5.32 Å². The molecule has 0 aliphatic carbocycles. The van der Waals surface area contributed by atoms with Crippen molar-refractivity contribution in [2.24, 2.45) is 5.92 Å². The number of hydrogen-bond donors (Lipinski definition) is 1. The molecule has 1 atom stereocenters. The van der Waals surface area contributed by atoms with Crippen molar-refractivity contribution in [3.8, 4) is 0 Å². The number of aromatic nitrogens is 2. The first-order valence-electron chi connectivity index (χ1n) is 7.49. The van der Waals surface area contributed by atoms with Gasteiger partial charge in [-0.2, -0.15) is 0 Å². The summed E-state index contributed by atoms with van der Waals surface area (Å²) >= 11 is 0. The summed E-state index contributed by atoms with van der Waals surface area (Å²) in [5.74, 6) is 1.27. The fraction of sp³-hybridized carbons (Fsp3) is 0.667. The first-order valence-corrected chi connectivity index (χ1v) is 7.49. The van der Waals surface area contributed by atoms with Crippen molar-refractivity contribution in [3.63, 3.8) is 0 Å². The van der Waals surface area contributed by atoms with Crippen LogP contribution in [0.5, 0.6) is 0 Å². The summed E-state index contributed by atoms with van der Waals surface area (Å²) in [6, 6.07) is 2.00. The summed E-state index contributed by atoms with van der Waals surface area (Å²) < 4.78 is 0. The van der Waals surface area contributed by atoms with Gasteiger partial charge in [0, 0.05) is 25.3 Å². The van der Waals surface area contributed by atoms with Gasteiger partial charge < -0.3 is 10.2 Å². The molecule has 1 N–H and O–H groups in total. The van der Waals surface area contributed by atoms with Crippen LogP contribution in [0.3, 0.4) is 0 Å². The highest BCUT2D eigenvalue weighted by Crippen LogP contribution is 2.17. The highest BCUT2D eigenvalue weighted by atomic mass is 16.2. The zero-order valence-corrected chi connectivity index (χ0v) is 12.6. The van der Waals surface area contributed by atoms with E-state index in [1.807, 2.05) is 4.90 Å². The van der Waals surface area contributed by atoms with Gasteiger partial charge in [0.15, 0.2) is 0 Å². The molecule has 5 nitrogen and oxygen atoms in total. The number of nitrogens with zero attached hydrogens (tertiary/aromatic N) is 3. The molecule has 1 aromatic heterocycles. The number of carbonyl (C=O) groups excluding carboxylic acids is 1. The third kappa shape index (κ3) is 3.68. The van der Waals surface area contributed by atoms with Crippen LogP contribution in [0.2, 0.25) is 0 Å². The molecule has 0 aromatic carbocycles. The highest BCUT2D eigenvalue weighted by Gasteiger charge is 2.22. The normalized spacial score (nSPS) is 17.9. The van der Waals surface area contributed by atoms with Gasteiger partial charge in [-0.1, -0.05) is 13.8 Å². The predicted molar refractivity (Wildman–Crippen MR) is 79.7 cm³/mol. The van der Waals surface area contributed by atoms with Gasteiger partial charge in [0.25, 0.3) is 5.91 Å². The molecule has 0 saturated carbocycles. The van der Waals surface area contributed by atoms with Crippen molar-refractivity contribution in [2.45, 2.75) is 46.1 Å². The lowest BCUT2D eigenvalue weighted by Gasteiger charge is -2.30. The van der Waals surface area contributed by atoms with Crippen LogP contribution in [0.1, 0.15) is 50.5 Å². The Balaban J connectivity index is 2.04. The molecule has 110 valence electrons. The van der Waals surface area contributed by atoms with Crippen LogP contribution in [0.4, 0.5) is 5.95 Å². The molecule has 0 spiro atoms. The van der Waals surface area contributed by atoms with E-state index in [2.05, 4.69) is 36.1 Å². The van der Waals surface area contributed by atoms with Gasteiger partial charge in [0.1, 0.15) is 5.69 Å². The van der Waals surface area contributed by atoms with Gasteiger partial charge in [-0.15, -0.1) is 0 Å². The standard InChI is InChI=1S/C15H24N4O/c1-4-12(3)17-15-16-8-5-13(18-15)14(20)19-9-6-11(2)7-10-19/h5,8,11-12H,4,6-7,9-10H2,1-3H3,(H,16,17,18). The van der Waals surface area contributed by atoms with Gasteiger partial charge in [-0.05, 0) is 38.2 Å². The van der Waals surface area contributed by atoms with E-state index in [1.54, 1.807) is 12.3 Å². The van der Waals surface area contributed by atoms with Crippen LogP contribution in [0.25, 0.3) is 0 Å². The molecule has 2 rings (SSSR count). The number of amides is 1. The van der Waals surface area contributed by atoms with Gasteiger partial charge in [0.05, 0.1) is 0 Å². The first-order chi connectivity index (χ1) is 9.60. The first kappa shape index (κ1) is 14.8. The number of carbonyl (C=O) groups is 1. The topological polar surface area (TPSA) is 58.1 Å². The summed E-state index contributed by atoms with van der Waals surface area (Å²) in [5, 5.41) is 3.20. The molecule has 1 saturated heterocycles. The number of likely N-dealkylation sites (tertiary alicyclic amines) is 1. The lowest BCUT2D eigenvalue weighted by molar-refractivity contribution is 0.0691. The Morgan fingerprint density at radius 2 is 2.20 bits per heavy atom. The van der Waals surface area contributed by atoms with Crippen molar-refractivity contribution in [2.75, 3.05) is 18.4 Å². The molecule has 1 aliphatic heterocycles. The van der Waals surface area contributed by atoms with E-state index in [-0.39, 0.29) is 5.91 Å². The molecule has 20 heavy (non-hydrogen) atoms. The summed E-state index contributed by atoms with van der Waals surface area (Å²) in [6.07, 6.45) is 4.80. The minimum atomic E-state index is 0.0199. The Kier molecular flexibility index (Phi) is 4.93. The quantitative estimate of drug-likeness (QED) is 0.918. The van der Waals surface area contributed by atoms with Crippen molar-refractivity contribution in [3.05, 3.63) is 18.0 Å². The SMILES string of the molecule is CCC(C)Nc1nccc(C(=O)N2CCC(C)CC2)n1. The van der Waals surface area contributed by atoms with E-state index in [0.29, 0.717) is 23.6 Å². The fourth-order valence-corrected chi connectivity index (χ4v) is 2.24. The Bertz CT molecular complexity index is 455. The Morgan fingerprint density at radius 3 is 2.85 bits per heavy atom. The molecular weight excluding hydrogens is 252 g/mol. The van der Waals surface area contributed by atoms with Gasteiger partial charge >= 0.3 is 0 Å². The van der Waals surface area contributed by atoms with E-state index >= 15 is 0 Å². The van der Waals surface area contributed by atoms with Crippen LogP contribution in [0.15, 0.2) is 12.3 Å². The largest absolute Gasteiger partial charge is 0.352 e.